The first-order valence-electron chi connectivity index (χ1n) is 6.90. The van der Waals surface area contributed by atoms with Crippen molar-refractivity contribution in [2.24, 2.45) is 0 Å². The van der Waals surface area contributed by atoms with Gasteiger partial charge in [-0.15, -0.1) is 0 Å². The average Bonchev–Trinajstić information content (AvgIpc) is 2.57. The van der Waals surface area contributed by atoms with E-state index < -0.39 is 4.92 Å². The summed E-state index contributed by atoms with van der Waals surface area (Å²) in [5.41, 5.74) is 4.06. The molecule has 0 saturated carbocycles. The van der Waals surface area contributed by atoms with Crippen LogP contribution >= 0.6 is 0 Å². The molecule has 0 bridgehead atoms. The van der Waals surface area contributed by atoms with Crippen LogP contribution in [0.4, 0.5) is 17.1 Å². The summed E-state index contributed by atoms with van der Waals surface area (Å²) < 4.78 is 0. The van der Waals surface area contributed by atoms with E-state index in [1.54, 1.807) is 12.1 Å². The summed E-state index contributed by atoms with van der Waals surface area (Å²) in [5, 5.41) is 14.0. The average molecular weight is 290 g/mol. The van der Waals surface area contributed by atoms with Gasteiger partial charge in [0.05, 0.1) is 4.92 Å². The van der Waals surface area contributed by atoms with Gasteiger partial charge in [0.15, 0.2) is 0 Å². The Labute approximate surface area is 128 Å². The maximum absolute atomic E-state index is 10.7. The lowest BCUT2D eigenvalue weighted by Crippen LogP contribution is -1.94. The van der Waals surface area contributed by atoms with Crippen molar-refractivity contribution in [1.29, 1.82) is 0 Å². The Bertz CT molecular complexity index is 784. The van der Waals surface area contributed by atoms with E-state index >= 15 is 0 Å². The van der Waals surface area contributed by atoms with Crippen LogP contribution < -0.4 is 5.32 Å². The molecule has 0 heterocycles. The van der Waals surface area contributed by atoms with Gasteiger partial charge >= 0.3 is 0 Å². The maximum Gasteiger partial charge on any atom is 0.269 e. The highest BCUT2D eigenvalue weighted by Gasteiger charge is 2.07. The maximum atomic E-state index is 10.7. The SMILES string of the molecule is O=[N+]([O-])c1ccc(Nc2ccccc2-c2ccccc2)cc1. The van der Waals surface area contributed by atoms with Gasteiger partial charge in [0.2, 0.25) is 0 Å². The van der Waals surface area contributed by atoms with Gasteiger partial charge in [-0.1, -0.05) is 48.5 Å². The second-order valence-electron chi connectivity index (χ2n) is 4.84. The Balaban J connectivity index is 1.91. The number of nitro benzene ring substituents is 1. The van der Waals surface area contributed by atoms with Crippen LogP contribution in [0.5, 0.6) is 0 Å². The Kier molecular flexibility index (Phi) is 3.83. The van der Waals surface area contributed by atoms with Gasteiger partial charge in [-0.25, -0.2) is 0 Å². The molecule has 22 heavy (non-hydrogen) atoms. The number of nitro groups is 1. The number of nitrogens with zero attached hydrogens (tertiary/aromatic N) is 1. The van der Waals surface area contributed by atoms with Crippen LogP contribution in [0.2, 0.25) is 0 Å². The molecule has 4 heteroatoms. The smallest absolute Gasteiger partial charge is 0.269 e. The zero-order valence-electron chi connectivity index (χ0n) is 11.8. The summed E-state index contributed by atoms with van der Waals surface area (Å²) in [4.78, 5) is 10.3. The van der Waals surface area contributed by atoms with Gasteiger partial charge < -0.3 is 5.32 Å². The molecule has 0 aromatic heterocycles. The zero-order valence-corrected chi connectivity index (χ0v) is 11.8. The number of hydrogen-bond acceptors (Lipinski definition) is 3. The molecule has 1 N–H and O–H groups in total. The molecule has 0 atom stereocenters. The molecule has 0 amide bonds. The van der Waals surface area contributed by atoms with Crippen LogP contribution in [0.1, 0.15) is 0 Å². The second-order valence-corrected chi connectivity index (χ2v) is 4.84. The topological polar surface area (TPSA) is 55.2 Å². The monoisotopic (exact) mass is 290 g/mol. The molecule has 0 unspecified atom stereocenters. The lowest BCUT2D eigenvalue weighted by Gasteiger charge is -2.12. The highest BCUT2D eigenvalue weighted by Crippen LogP contribution is 2.30. The molecule has 3 aromatic rings. The van der Waals surface area contributed by atoms with E-state index in [-0.39, 0.29) is 5.69 Å². The third-order valence-corrected chi connectivity index (χ3v) is 3.37. The normalized spacial score (nSPS) is 10.2. The minimum absolute atomic E-state index is 0.0851. The minimum atomic E-state index is -0.401. The molecule has 0 saturated heterocycles. The lowest BCUT2D eigenvalue weighted by atomic mass is 10.0. The Hall–Kier alpha value is -3.14. The number of para-hydroxylation sites is 1. The third-order valence-electron chi connectivity index (χ3n) is 3.37. The molecule has 0 aliphatic carbocycles. The van der Waals surface area contributed by atoms with E-state index in [4.69, 9.17) is 0 Å². The number of hydrogen-bond donors (Lipinski definition) is 1. The van der Waals surface area contributed by atoms with Gasteiger partial charge in [-0.2, -0.15) is 0 Å². The van der Waals surface area contributed by atoms with E-state index in [1.807, 2.05) is 42.5 Å². The number of anilines is 2. The van der Waals surface area contributed by atoms with E-state index in [9.17, 15) is 10.1 Å². The van der Waals surface area contributed by atoms with Gasteiger partial charge in [-0.3, -0.25) is 10.1 Å². The molecule has 3 aromatic carbocycles. The first kappa shape index (κ1) is 13.8. The molecule has 0 aliphatic rings. The standard InChI is InChI=1S/C18H14N2O2/c21-20(22)16-12-10-15(11-13-16)19-18-9-5-4-8-17(18)14-6-2-1-3-7-14/h1-13,19H. The molecule has 108 valence electrons. The summed E-state index contributed by atoms with van der Waals surface area (Å²) in [6.45, 7) is 0. The predicted molar refractivity (Wildman–Crippen MR) is 88.3 cm³/mol. The van der Waals surface area contributed by atoms with E-state index in [1.165, 1.54) is 12.1 Å². The van der Waals surface area contributed by atoms with Crippen molar-refractivity contribution >= 4 is 17.1 Å². The summed E-state index contributed by atoms with van der Waals surface area (Å²) in [7, 11) is 0. The second kappa shape index (κ2) is 6.10. The number of nitrogens with one attached hydrogen (secondary N) is 1. The molecule has 0 radical (unpaired) electrons. The fraction of sp³-hybridized carbons (Fsp3) is 0. The number of non-ortho nitro benzene ring substituents is 1. The van der Waals surface area contributed by atoms with Crippen molar-refractivity contribution in [3.8, 4) is 11.1 Å². The van der Waals surface area contributed by atoms with Crippen LogP contribution in [0.25, 0.3) is 11.1 Å². The van der Waals surface area contributed by atoms with Crippen LogP contribution in [0.15, 0.2) is 78.9 Å². The van der Waals surface area contributed by atoms with Gasteiger partial charge in [0, 0.05) is 29.1 Å². The predicted octanol–water partition coefficient (Wildman–Crippen LogP) is 5.01. The van der Waals surface area contributed by atoms with Crippen molar-refractivity contribution in [3.05, 3.63) is 89.0 Å². The summed E-state index contributed by atoms with van der Waals surface area (Å²) in [5.74, 6) is 0. The van der Waals surface area contributed by atoms with Crippen LogP contribution in [0.3, 0.4) is 0 Å². The zero-order chi connectivity index (χ0) is 15.4. The third kappa shape index (κ3) is 2.96. The van der Waals surface area contributed by atoms with Gasteiger partial charge in [0.25, 0.3) is 5.69 Å². The fourth-order valence-corrected chi connectivity index (χ4v) is 2.28. The summed E-state index contributed by atoms with van der Waals surface area (Å²) in [6.07, 6.45) is 0. The van der Waals surface area contributed by atoms with Crippen LogP contribution in [0, 0.1) is 10.1 Å². The molecule has 3 rings (SSSR count). The fourth-order valence-electron chi connectivity index (χ4n) is 2.28. The summed E-state index contributed by atoms with van der Waals surface area (Å²) in [6, 6.07) is 24.5. The van der Waals surface area contributed by atoms with Crippen LogP contribution in [-0.4, -0.2) is 4.92 Å². The van der Waals surface area contributed by atoms with E-state index in [0.29, 0.717) is 0 Å². The number of rotatable bonds is 4. The van der Waals surface area contributed by atoms with E-state index in [2.05, 4.69) is 17.4 Å². The molecular weight excluding hydrogens is 276 g/mol. The molecule has 0 aliphatic heterocycles. The Morgan fingerprint density at radius 3 is 2.09 bits per heavy atom. The van der Waals surface area contributed by atoms with Crippen molar-refractivity contribution < 1.29 is 4.92 Å². The quantitative estimate of drug-likeness (QED) is 0.543. The largest absolute Gasteiger partial charge is 0.355 e. The summed E-state index contributed by atoms with van der Waals surface area (Å²) >= 11 is 0. The van der Waals surface area contributed by atoms with Crippen molar-refractivity contribution in [1.82, 2.24) is 0 Å². The highest BCUT2D eigenvalue weighted by atomic mass is 16.6. The van der Waals surface area contributed by atoms with Gasteiger partial charge in [0.1, 0.15) is 0 Å². The Morgan fingerprint density at radius 2 is 1.41 bits per heavy atom. The first-order chi connectivity index (χ1) is 10.7. The van der Waals surface area contributed by atoms with Crippen molar-refractivity contribution in [2.75, 3.05) is 5.32 Å². The van der Waals surface area contributed by atoms with Crippen LogP contribution in [-0.2, 0) is 0 Å². The molecule has 0 fully saturated rings. The Morgan fingerprint density at radius 1 is 0.773 bits per heavy atom. The highest BCUT2D eigenvalue weighted by molar-refractivity contribution is 5.81. The first-order valence-corrected chi connectivity index (χ1v) is 6.90. The molecule has 4 nitrogen and oxygen atoms in total. The lowest BCUT2D eigenvalue weighted by molar-refractivity contribution is -0.384. The van der Waals surface area contributed by atoms with Crippen molar-refractivity contribution in [2.45, 2.75) is 0 Å². The molecule has 0 spiro atoms. The van der Waals surface area contributed by atoms with Crippen molar-refractivity contribution in [3.63, 3.8) is 0 Å². The van der Waals surface area contributed by atoms with E-state index in [0.717, 1.165) is 22.5 Å². The number of benzene rings is 3. The molecular formula is C18H14N2O2. The van der Waals surface area contributed by atoms with Gasteiger partial charge in [-0.05, 0) is 23.8 Å². The minimum Gasteiger partial charge on any atom is -0.355 e.